The maximum Gasteiger partial charge on any atom is 0.415 e. The van der Waals surface area contributed by atoms with Crippen molar-refractivity contribution < 1.29 is 32.9 Å². The Labute approximate surface area is 140 Å². The Morgan fingerprint density at radius 3 is 2.17 bits per heavy atom. The second-order valence-electron chi connectivity index (χ2n) is 5.07. The van der Waals surface area contributed by atoms with Gasteiger partial charge in [0.25, 0.3) is 0 Å². The minimum absolute atomic E-state index is 0.233. The van der Waals surface area contributed by atoms with Gasteiger partial charge in [-0.1, -0.05) is 53.6 Å². The van der Waals surface area contributed by atoms with Gasteiger partial charge in [0.1, 0.15) is 18.6 Å². The van der Waals surface area contributed by atoms with Crippen LogP contribution in [-0.4, -0.2) is 23.1 Å². The van der Waals surface area contributed by atoms with E-state index in [1.54, 1.807) is 0 Å². The van der Waals surface area contributed by atoms with Crippen LogP contribution in [0.5, 0.6) is 0 Å². The minimum atomic E-state index is -4.00. The van der Waals surface area contributed by atoms with Crippen LogP contribution in [0.3, 0.4) is 0 Å². The van der Waals surface area contributed by atoms with E-state index >= 15 is 0 Å². The summed E-state index contributed by atoms with van der Waals surface area (Å²) in [5, 5.41) is 6.98. The molecule has 0 fully saturated rings. The number of esters is 1. The highest BCUT2D eigenvalue weighted by molar-refractivity contribution is 7.96. The predicted octanol–water partition coefficient (Wildman–Crippen LogP) is 4.00. The van der Waals surface area contributed by atoms with Crippen LogP contribution < -0.4 is 0 Å². The molecule has 2 aromatic carbocycles. The summed E-state index contributed by atoms with van der Waals surface area (Å²) in [6.07, 6.45) is 0. The average molecular weight is 354 g/mol. The van der Waals surface area contributed by atoms with Crippen LogP contribution in [0.25, 0.3) is 11.1 Å². The van der Waals surface area contributed by atoms with Gasteiger partial charge in [0, 0.05) is 5.92 Å². The van der Waals surface area contributed by atoms with Crippen LogP contribution in [0.15, 0.2) is 48.5 Å². The van der Waals surface area contributed by atoms with E-state index in [-0.39, 0.29) is 12.5 Å². The second kappa shape index (κ2) is 6.86. The Morgan fingerprint density at radius 2 is 1.62 bits per heavy atom. The number of hydrogen-bond donors (Lipinski definition) is 1. The molecule has 0 radical (unpaired) electrons. The van der Waals surface area contributed by atoms with Gasteiger partial charge in [-0.15, -0.1) is 4.33 Å². The monoisotopic (exact) mass is 354 g/mol. The van der Waals surface area contributed by atoms with E-state index in [9.17, 15) is 13.6 Å². The molecule has 5 nitrogen and oxygen atoms in total. The van der Waals surface area contributed by atoms with E-state index in [4.69, 9.17) is 9.99 Å². The topological polar surface area (TPSA) is 65.0 Å². The summed E-state index contributed by atoms with van der Waals surface area (Å²) >= 11 is -0.640. The zero-order valence-corrected chi connectivity index (χ0v) is 13.0. The fraction of sp³-hybridized carbons (Fsp3) is 0.188. The molecule has 0 heterocycles. The average Bonchev–Trinajstić information content (AvgIpc) is 2.92. The normalized spacial score (nSPS) is 13.5. The summed E-state index contributed by atoms with van der Waals surface area (Å²) in [7, 11) is 0. The summed E-state index contributed by atoms with van der Waals surface area (Å²) in [6.45, 7) is -0.233. The van der Waals surface area contributed by atoms with E-state index in [0.29, 0.717) is 0 Å². The molecule has 24 heavy (non-hydrogen) atoms. The van der Waals surface area contributed by atoms with E-state index in [2.05, 4.69) is 9.37 Å². The highest BCUT2D eigenvalue weighted by atomic mass is 32.2. The molecule has 8 heteroatoms. The molecule has 0 bridgehead atoms. The molecule has 0 aliphatic heterocycles. The number of carbonyl (C=O) groups excluding carboxylic acids is 1. The van der Waals surface area contributed by atoms with Crippen molar-refractivity contribution in [1.82, 2.24) is 0 Å². The zero-order chi connectivity index (χ0) is 17.2. The van der Waals surface area contributed by atoms with Gasteiger partial charge in [-0.3, -0.25) is 0 Å². The van der Waals surface area contributed by atoms with Gasteiger partial charge in [0.2, 0.25) is 0 Å². The van der Waals surface area contributed by atoms with Crippen molar-refractivity contribution in [2.75, 3.05) is 6.61 Å². The number of halogens is 2. The summed E-state index contributed by atoms with van der Waals surface area (Å²) in [4.78, 5) is 11.5. The maximum atomic E-state index is 13.4. The highest BCUT2D eigenvalue weighted by Crippen LogP contribution is 2.44. The predicted molar refractivity (Wildman–Crippen MR) is 82.0 cm³/mol. The van der Waals surface area contributed by atoms with Crippen molar-refractivity contribution in [2.45, 2.75) is 11.2 Å². The van der Waals surface area contributed by atoms with E-state index in [1.165, 1.54) is 0 Å². The molecule has 0 spiro atoms. The maximum absolute atomic E-state index is 13.4. The van der Waals surface area contributed by atoms with Crippen LogP contribution in [0.4, 0.5) is 8.78 Å². The van der Waals surface area contributed by atoms with Crippen molar-refractivity contribution in [3.05, 3.63) is 59.7 Å². The molecule has 0 unspecified atom stereocenters. The van der Waals surface area contributed by atoms with Crippen molar-refractivity contribution in [1.29, 1.82) is 0 Å². The van der Waals surface area contributed by atoms with E-state index < -0.39 is 23.3 Å². The number of ether oxygens (including phenoxy) is 1. The fourth-order valence-electron chi connectivity index (χ4n) is 2.77. The largest absolute Gasteiger partial charge is 0.459 e. The number of fused-ring (bicyclic) bond motifs is 3. The van der Waals surface area contributed by atoms with Gasteiger partial charge in [-0.25, -0.2) is 10.1 Å². The molecule has 0 amide bonds. The number of carbonyl (C=O) groups is 1. The summed E-state index contributed by atoms with van der Waals surface area (Å²) in [6, 6.07) is 15.1. The fourth-order valence-corrected chi connectivity index (χ4v) is 3.02. The lowest BCUT2D eigenvalue weighted by Crippen LogP contribution is -2.29. The molecular weight excluding hydrogens is 342 g/mol. The first-order valence-electron chi connectivity index (χ1n) is 6.94. The number of benzene rings is 2. The van der Waals surface area contributed by atoms with Crippen molar-refractivity contribution in [3.8, 4) is 11.1 Å². The quantitative estimate of drug-likeness (QED) is 0.366. The highest BCUT2D eigenvalue weighted by Gasteiger charge is 2.44. The minimum Gasteiger partial charge on any atom is -0.459 e. The van der Waals surface area contributed by atoms with Crippen molar-refractivity contribution >= 4 is 18.0 Å². The first-order valence-corrected chi connectivity index (χ1v) is 7.68. The Balaban J connectivity index is 1.77. The molecule has 1 aliphatic carbocycles. The summed E-state index contributed by atoms with van der Waals surface area (Å²) < 4.78 is 35.3. The molecule has 0 saturated heterocycles. The Bertz CT molecular complexity index is 707. The first kappa shape index (κ1) is 16.8. The number of hydrogen-bond acceptors (Lipinski definition) is 6. The van der Waals surface area contributed by atoms with Crippen molar-refractivity contribution in [2.24, 2.45) is 0 Å². The molecule has 2 aromatic rings. The molecule has 1 N–H and O–H groups in total. The van der Waals surface area contributed by atoms with Gasteiger partial charge in [0.15, 0.2) is 0 Å². The molecule has 3 rings (SSSR count). The Hall–Kier alpha value is -2.00. The van der Waals surface area contributed by atoms with E-state index in [0.717, 1.165) is 22.3 Å². The first-order chi connectivity index (χ1) is 11.5. The van der Waals surface area contributed by atoms with Crippen LogP contribution in [-0.2, 0) is 18.9 Å². The lowest BCUT2D eigenvalue weighted by Gasteiger charge is -2.16. The molecule has 0 saturated carbocycles. The second-order valence-corrected chi connectivity index (χ2v) is 5.88. The van der Waals surface area contributed by atoms with Gasteiger partial charge in [0.05, 0.1) is 0 Å². The van der Waals surface area contributed by atoms with Gasteiger partial charge in [-0.2, -0.15) is 8.78 Å². The smallest absolute Gasteiger partial charge is 0.415 e. The summed E-state index contributed by atoms with van der Waals surface area (Å²) in [5.41, 5.74) is 3.81. The third kappa shape index (κ3) is 3.13. The standard InChI is InChI=1S/C16H12F2O5S/c17-16(18,24-23-22-20)15(19)21-9-14-12-7-3-1-5-10(12)11-6-2-4-8-13(11)14/h1-8,14,20H,9H2. The molecule has 126 valence electrons. The summed E-state index contributed by atoms with van der Waals surface area (Å²) in [5.74, 6) is -2.09. The third-order valence-corrected chi connectivity index (χ3v) is 4.26. The Kier molecular flexibility index (Phi) is 4.81. The van der Waals surface area contributed by atoms with E-state index in [1.807, 2.05) is 48.5 Å². The van der Waals surface area contributed by atoms with Gasteiger partial charge < -0.3 is 4.74 Å². The lowest BCUT2D eigenvalue weighted by molar-refractivity contribution is -0.433. The lowest BCUT2D eigenvalue weighted by atomic mass is 9.98. The Morgan fingerprint density at radius 1 is 1.08 bits per heavy atom. The molecule has 0 atom stereocenters. The van der Waals surface area contributed by atoms with Crippen LogP contribution in [0.1, 0.15) is 17.0 Å². The van der Waals surface area contributed by atoms with Crippen LogP contribution >= 0.6 is 12.0 Å². The SMILES string of the molecule is O=C(OCC1c2ccccc2-c2ccccc21)C(F)(F)SOOO. The number of alkyl halides is 2. The molecule has 1 aliphatic rings. The zero-order valence-electron chi connectivity index (χ0n) is 12.1. The third-order valence-electron chi connectivity index (χ3n) is 3.75. The van der Waals surface area contributed by atoms with Gasteiger partial charge in [-0.05, 0) is 22.3 Å². The molecular formula is C16H12F2O5S. The van der Waals surface area contributed by atoms with Crippen molar-refractivity contribution in [3.63, 3.8) is 0 Å². The van der Waals surface area contributed by atoms with Crippen LogP contribution in [0.2, 0.25) is 0 Å². The molecule has 0 aromatic heterocycles. The van der Waals surface area contributed by atoms with Gasteiger partial charge >= 0.3 is 11.2 Å². The van der Waals surface area contributed by atoms with Crippen LogP contribution in [0, 0.1) is 0 Å². The number of rotatable bonds is 6.